The highest BCUT2D eigenvalue weighted by atomic mass is 127. The first-order valence-electron chi connectivity index (χ1n) is 5.19. The van der Waals surface area contributed by atoms with Crippen LogP contribution in [-0.2, 0) is 0 Å². The van der Waals surface area contributed by atoms with E-state index >= 15 is 0 Å². The standard InChI is InChI=1S/C13H7Cl2FINO/c14-8-2-1-3-9(15)12(8)13(19)18-11-5-4-7(16)6-10(11)17/h1-6H,(H,18,19). The maximum Gasteiger partial charge on any atom is 0.258 e. The molecule has 0 heterocycles. The molecule has 0 saturated heterocycles. The molecule has 0 aliphatic carbocycles. The molecule has 6 heteroatoms. The first-order chi connectivity index (χ1) is 8.99. The number of anilines is 1. The molecule has 0 bridgehead atoms. The minimum absolute atomic E-state index is 0.200. The van der Waals surface area contributed by atoms with Crippen LogP contribution in [0.3, 0.4) is 0 Å². The summed E-state index contributed by atoms with van der Waals surface area (Å²) in [5.41, 5.74) is 0.703. The van der Waals surface area contributed by atoms with Crippen molar-refractivity contribution in [3.05, 3.63) is 61.4 Å². The van der Waals surface area contributed by atoms with Crippen LogP contribution in [0.4, 0.5) is 10.1 Å². The zero-order chi connectivity index (χ0) is 14.0. The SMILES string of the molecule is O=C(Nc1ccc(F)cc1I)c1c(Cl)cccc1Cl. The third kappa shape index (κ3) is 3.38. The molecule has 98 valence electrons. The highest BCUT2D eigenvalue weighted by Crippen LogP contribution is 2.26. The van der Waals surface area contributed by atoms with Crippen molar-refractivity contribution in [1.82, 2.24) is 0 Å². The van der Waals surface area contributed by atoms with Crippen molar-refractivity contribution in [2.45, 2.75) is 0 Å². The molecule has 0 aliphatic rings. The lowest BCUT2D eigenvalue weighted by molar-refractivity contribution is 0.102. The van der Waals surface area contributed by atoms with Crippen LogP contribution in [0.5, 0.6) is 0 Å². The van der Waals surface area contributed by atoms with E-state index in [2.05, 4.69) is 5.32 Å². The second-order valence-electron chi connectivity index (χ2n) is 3.67. The molecule has 2 nitrogen and oxygen atoms in total. The number of carbonyl (C=O) groups excluding carboxylic acids is 1. The van der Waals surface area contributed by atoms with Crippen LogP contribution in [0.1, 0.15) is 10.4 Å². The summed E-state index contributed by atoms with van der Waals surface area (Å²) in [6.07, 6.45) is 0. The maximum atomic E-state index is 13.0. The van der Waals surface area contributed by atoms with Crippen LogP contribution in [-0.4, -0.2) is 5.91 Å². The Labute approximate surface area is 133 Å². The van der Waals surface area contributed by atoms with Crippen molar-refractivity contribution >= 4 is 57.4 Å². The molecule has 2 aromatic rings. The Bertz CT molecular complexity index is 628. The molecular formula is C13H7Cl2FINO. The van der Waals surface area contributed by atoms with E-state index in [1.807, 2.05) is 22.6 Å². The van der Waals surface area contributed by atoms with E-state index in [4.69, 9.17) is 23.2 Å². The third-order valence-corrected chi connectivity index (χ3v) is 3.89. The quantitative estimate of drug-likeness (QED) is 0.695. The topological polar surface area (TPSA) is 29.1 Å². The van der Waals surface area contributed by atoms with E-state index in [1.165, 1.54) is 18.2 Å². The smallest absolute Gasteiger partial charge is 0.258 e. The molecule has 0 saturated carbocycles. The summed E-state index contributed by atoms with van der Waals surface area (Å²) in [5.74, 6) is -0.793. The largest absolute Gasteiger partial charge is 0.321 e. The summed E-state index contributed by atoms with van der Waals surface area (Å²) in [5, 5.41) is 3.19. The maximum absolute atomic E-state index is 13.0. The van der Waals surface area contributed by atoms with Crippen molar-refractivity contribution in [3.8, 4) is 0 Å². The summed E-state index contributed by atoms with van der Waals surface area (Å²) in [7, 11) is 0. The Balaban J connectivity index is 2.31. The number of hydrogen-bond acceptors (Lipinski definition) is 1. The molecule has 2 rings (SSSR count). The highest BCUT2D eigenvalue weighted by Gasteiger charge is 2.15. The summed E-state index contributed by atoms with van der Waals surface area (Å²) in [6.45, 7) is 0. The van der Waals surface area contributed by atoms with Gasteiger partial charge >= 0.3 is 0 Å². The number of halogens is 4. The van der Waals surface area contributed by atoms with E-state index in [9.17, 15) is 9.18 Å². The summed E-state index contributed by atoms with van der Waals surface area (Å²) in [4.78, 5) is 12.1. The van der Waals surface area contributed by atoms with E-state index in [1.54, 1.807) is 18.2 Å². The van der Waals surface area contributed by atoms with Crippen LogP contribution in [0.15, 0.2) is 36.4 Å². The Kier molecular flexibility index (Phi) is 4.65. The van der Waals surface area contributed by atoms with Gasteiger partial charge in [-0.1, -0.05) is 29.3 Å². The van der Waals surface area contributed by atoms with Gasteiger partial charge in [0.2, 0.25) is 0 Å². The van der Waals surface area contributed by atoms with Gasteiger partial charge in [0, 0.05) is 3.57 Å². The molecule has 0 atom stereocenters. The normalized spacial score (nSPS) is 10.3. The summed E-state index contributed by atoms with van der Waals surface area (Å²) < 4.78 is 13.6. The number of carbonyl (C=O) groups is 1. The molecular weight excluding hydrogens is 403 g/mol. The van der Waals surface area contributed by atoms with Crippen LogP contribution in [0.25, 0.3) is 0 Å². The molecule has 1 N–H and O–H groups in total. The number of amides is 1. The fourth-order valence-corrected chi connectivity index (χ4v) is 2.67. The van der Waals surface area contributed by atoms with Gasteiger partial charge in [-0.05, 0) is 52.9 Å². The molecule has 2 aromatic carbocycles. The minimum atomic E-state index is -0.430. The zero-order valence-electron chi connectivity index (χ0n) is 9.38. The van der Waals surface area contributed by atoms with Gasteiger partial charge in [0.1, 0.15) is 5.82 Å². The number of nitrogens with one attached hydrogen (secondary N) is 1. The number of rotatable bonds is 2. The zero-order valence-corrected chi connectivity index (χ0v) is 13.1. The van der Waals surface area contributed by atoms with E-state index in [-0.39, 0.29) is 21.4 Å². The molecule has 1 amide bonds. The van der Waals surface area contributed by atoms with Crippen LogP contribution in [0.2, 0.25) is 10.0 Å². The Morgan fingerprint density at radius 1 is 1.16 bits per heavy atom. The Morgan fingerprint density at radius 2 is 1.79 bits per heavy atom. The van der Waals surface area contributed by atoms with Crippen molar-refractivity contribution in [2.24, 2.45) is 0 Å². The first-order valence-corrected chi connectivity index (χ1v) is 7.03. The van der Waals surface area contributed by atoms with Gasteiger partial charge in [-0.25, -0.2) is 4.39 Å². The van der Waals surface area contributed by atoms with Gasteiger partial charge in [0.05, 0.1) is 21.3 Å². The van der Waals surface area contributed by atoms with Crippen molar-refractivity contribution < 1.29 is 9.18 Å². The van der Waals surface area contributed by atoms with Gasteiger partial charge in [0.25, 0.3) is 5.91 Å². The van der Waals surface area contributed by atoms with Gasteiger partial charge in [-0.15, -0.1) is 0 Å². The van der Waals surface area contributed by atoms with Gasteiger partial charge in [-0.3, -0.25) is 4.79 Å². The fourth-order valence-electron chi connectivity index (χ4n) is 1.49. The molecule has 0 fully saturated rings. The van der Waals surface area contributed by atoms with Crippen LogP contribution in [0, 0.1) is 9.39 Å². The average Bonchev–Trinajstić information content (AvgIpc) is 2.32. The molecule has 19 heavy (non-hydrogen) atoms. The second kappa shape index (κ2) is 6.07. The Hall–Kier alpha value is -0.850. The first kappa shape index (κ1) is 14.6. The van der Waals surface area contributed by atoms with Gasteiger partial charge in [0.15, 0.2) is 0 Å². The number of benzene rings is 2. The molecule has 0 aliphatic heterocycles. The van der Waals surface area contributed by atoms with Crippen LogP contribution >= 0.6 is 45.8 Å². The Morgan fingerprint density at radius 3 is 2.37 bits per heavy atom. The predicted octanol–water partition coefficient (Wildman–Crippen LogP) is 4.99. The van der Waals surface area contributed by atoms with Crippen LogP contribution < -0.4 is 5.32 Å². The third-order valence-electron chi connectivity index (χ3n) is 2.37. The van der Waals surface area contributed by atoms with Crippen molar-refractivity contribution in [3.63, 3.8) is 0 Å². The van der Waals surface area contributed by atoms with Gasteiger partial charge < -0.3 is 5.32 Å². The monoisotopic (exact) mass is 409 g/mol. The average molecular weight is 410 g/mol. The van der Waals surface area contributed by atoms with E-state index < -0.39 is 5.91 Å². The molecule has 0 unspecified atom stereocenters. The van der Waals surface area contributed by atoms with E-state index in [0.29, 0.717) is 9.26 Å². The summed E-state index contributed by atoms with van der Waals surface area (Å²) >= 11 is 13.8. The number of hydrogen-bond donors (Lipinski definition) is 1. The lowest BCUT2D eigenvalue weighted by Crippen LogP contribution is -2.14. The minimum Gasteiger partial charge on any atom is -0.321 e. The lowest BCUT2D eigenvalue weighted by Gasteiger charge is -2.09. The molecule has 0 aromatic heterocycles. The van der Waals surface area contributed by atoms with Crippen molar-refractivity contribution in [1.29, 1.82) is 0 Å². The van der Waals surface area contributed by atoms with E-state index in [0.717, 1.165) is 0 Å². The summed E-state index contributed by atoms with van der Waals surface area (Å²) in [6, 6.07) is 8.90. The van der Waals surface area contributed by atoms with Gasteiger partial charge in [-0.2, -0.15) is 0 Å². The molecule has 0 spiro atoms. The highest BCUT2D eigenvalue weighted by molar-refractivity contribution is 14.1. The second-order valence-corrected chi connectivity index (χ2v) is 5.65. The fraction of sp³-hybridized carbons (Fsp3) is 0. The predicted molar refractivity (Wildman–Crippen MR) is 83.5 cm³/mol. The molecule has 0 radical (unpaired) electrons. The van der Waals surface area contributed by atoms with Crippen molar-refractivity contribution in [2.75, 3.05) is 5.32 Å². The lowest BCUT2D eigenvalue weighted by atomic mass is 10.2.